The highest BCUT2D eigenvalue weighted by molar-refractivity contribution is 5.86. The third kappa shape index (κ3) is 4.05. The first-order chi connectivity index (χ1) is 12.5. The van der Waals surface area contributed by atoms with Crippen molar-refractivity contribution >= 4 is 22.7 Å². The predicted octanol–water partition coefficient (Wildman–Crippen LogP) is 2.62. The number of hydrogen-bond acceptors (Lipinski definition) is 5. The smallest absolute Gasteiger partial charge is 0.277 e. The normalized spacial score (nSPS) is 11.6. The number of nitrogens with zero attached hydrogens (tertiary/aromatic N) is 4. The fourth-order valence-corrected chi connectivity index (χ4v) is 2.50. The highest BCUT2D eigenvalue weighted by atomic mass is 16.5. The Morgan fingerprint density at radius 2 is 2.00 bits per heavy atom. The molecule has 0 unspecified atom stereocenters. The first kappa shape index (κ1) is 17.6. The Labute approximate surface area is 151 Å². The Bertz CT molecular complexity index is 961. The van der Waals surface area contributed by atoms with Gasteiger partial charge in [-0.15, -0.1) is 5.10 Å². The van der Waals surface area contributed by atoms with Crippen molar-refractivity contribution in [1.82, 2.24) is 20.4 Å². The van der Waals surface area contributed by atoms with Gasteiger partial charge in [0.1, 0.15) is 11.3 Å². The van der Waals surface area contributed by atoms with E-state index in [2.05, 4.69) is 20.8 Å². The van der Waals surface area contributed by atoms with Gasteiger partial charge in [-0.25, -0.2) is 10.1 Å². The van der Waals surface area contributed by atoms with Gasteiger partial charge in [0.2, 0.25) is 0 Å². The number of carbonyl (C=O) groups is 1. The fourth-order valence-electron chi connectivity index (χ4n) is 2.50. The summed E-state index contributed by atoms with van der Waals surface area (Å²) in [5.41, 5.74) is 7.11. The number of rotatable bonds is 6. The van der Waals surface area contributed by atoms with Crippen LogP contribution in [0.4, 0.5) is 0 Å². The Morgan fingerprint density at radius 1 is 1.19 bits per heavy atom. The van der Waals surface area contributed by atoms with Gasteiger partial charge < -0.3 is 4.74 Å². The lowest BCUT2D eigenvalue weighted by atomic mass is 10.1. The van der Waals surface area contributed by atoms with E-state index in [1.54, 1.807) is 4.68 Å². The second-order valence-corrected chi connectivity index (χ2v) is 6.10. The molecule has 0 spiro atoms. The van der Waals surface area contributed by atoms with E-state index >= 15 is 0 Å². The Hall–Kier alpha value is -3.22. The highest BCUT2D eigenvalue weighted by Gasteiger charge is 2.07. The molecule has 3 aromatic rings. The van der Waals surface area contributed by atoms with Crippen LogP contribution in [0.5, 0.6) is 5.75 Å². The summed E-state index contributed by atoms with van der Waals surface area (Å²) in [6.45, 7) is 6.14. The number of para-hydroxylation sites is 1. The number of ether oxygens (including phenoxy) is 1. The summed E-state index contributed by atoms with van der Waals surface area (Å²) >= 11 is 0. The molecule has 0 aliphatic rings. The second kappa shape index (κ2) is 7.77. The van der Waals surface area contributed by atoms with E-state index < -0.39 is 0 Å². The van der Waals surface area contributed by atoms with E-state index in [4.69, 9.17) is 4.74 Å². The van der Waals surface area contributed by atoms with Crippen LogP contribution in [0.1, 0.15) is 18.1 Å². The number of hydrazone groups is 1. The van der Waals surface area contributed by atoms with Gasteiger partial charge in [0.15, 0.2) is 6.61 Å². The van der Waals surface area contributed by atoms with Crippen LogP contribution in [0, 0.1) is 13.8 Å². The molecule has 0 saturated carbocycles. The summed E-state index contributed by atoms with van der Waals surface area (Å²) in [7, 11) is 0. The molecule has 134 valence electrons. The number of nitrogens with one attached hydrogen (secondary N) is 1. The largest absolute Gasteiger partial charge is 0.483 e. The number of carbonyl (C=O) groups excluding carboxylic acids is 1. The zero-order valence-electron chi connectivity index (χ0n) is 15.1. The van der Waals surface area contributed by atoms with Crippen molar-refractivity contribution in [2.45, 2.75) is 27.3 Å². The van der Waals surface area contributed by atoms with Crippen molar-refractivity contribution in [3.63, 3.8) is 0 Å². The quantitative estimate of drug-likeness (QED) is 0.547. The molecule has 0 radical (unpaired) electrons. The van der Waals surface area contributed by atoms with Gasteiger partial charge in [-0.1, -0.05) is 29.5 Å². The number of benzene rings is 2. The minimum absolute atomic E-state index is 0.0900. The van der Waals surface area contributed by atoms with E-state index in [-0.39, 0.29) is 12.5 Å². The molecule has 0 saturated heterocycles. The molecule has 1 aromatic heterocycles. The molecule has 3 rings (SSSR count). The monoisotopic (exact) mass is 351 g/mol. The summed E-state index contributed by atoms with van der Waals surface area (Å²) in [6, 6.07) is 13.4. The Balaban J connectivity index is 1.55. The molecule has 1 N–H and O–H groups in total. The molecule has 1 amide bonds. The van der Waals surface area contributed by atoms with Gasteiger partial charge in [-0.2, -0.15) is 5.10 Å². The topological polar surface area (TPSA) is 81.4 Å². The summed E-state index contributed by atoms with van der Waals surface area (Å²) in [5.74, 6) is 0.392. The fraction of sp³-hybridized carbons (Fsp3) is 0.263. The minimum Gasteiger partial charge on any atom is -0.483 e. The highest BCUT2D eigenvalue weighted by Crippen LogP contribution is 2.20. The summed E-state index contributed by atoms with van der Waals surface area (Å²) in [5, 5.41) is 12.3. The molecule has 26 heavy (non-hydrogen) atoms. The van der Waals surface area contributed by atoms with Gasteiger partial charge >= 0.3 is 0 Å². The van der Waals surface area contributed by atoms with Gasteiger partial charge in [0, 0.05) is 0 Å². The zero-order valence-corrected chi connectivity index (χ0v) is 15.1. The molecule has 0 bridgehead atoms. The molecule has 0 aliphatic carbocycles. The van der Waals surface area contributed by atoms with Crippen molar-refractivity contribution < 1.29 is 9.53 Å². The third-order valence-corrected chi connectivity index (χ3v) is 4.08. The summed E-state index contributed by atoms with van der Waals surface area (Å²) in [4.78, 5) is 12.0. The van der Waals surface area contributed by atoms with Gasteiger partial charge in [0.05, 0.1) is 17.8 Å². The van der Waals surface area contributed by atoms with Crippen LogP contribution in [0.15, 0.2) is 47.6 Å². The van der Waals surface area contributed by atoms with Crippen molar-refractivity contribution in [3.8, 4) is 5.75 Å². The van der Waals surface area contributed by atoms with Crippen molar-refractivity contribution in [3.05, 3.63) is 53.6 Å². The first-order valence-corrected chi connectivity index (χ1v) is 8.34. The van der Waals surface area contributed by atoms with Gasteiger partial charge in [-0.05, 0) is 50.1 Å². The van der Waals surface area contributed by atoms with Gasteiger partial charge in [-0.3, -0.25) is 4.79 Å². The van der Waals surface area contributed by atoms with Crippen LogP contribution in [-0.4, -0.2) is 33.2 Å². The Morgan fingerprint density at radius 3 is 2.85 bits per heavy atom. The van der Waals surface area contributed by atoms with Crippen molar-refractivity contribution in [2.75, 3.05) is 6.61 Å². The van der Waals surface area contributed by atoms with Crippen LogP contribution >= 0.6 is 0 Å². The SMILES string of the molecule is C/C(Cn1nnc2ccccc21)=N\NC(=O)COc1cccc(C)c1C. The molecule has 7 nitrogen and oxygen atoms in total. The first-order valence-electron chi connectivity index (χ1n) is 8.34. The zero-order chi connectivity index (χ0) is 18.5. The van der Waals surface area contributed by atoms with E-state index in [9.17, 15) is 4.79 Å². The maximum absolute atomic E-state index is 12.0. The molecular weight excluding hydrogens is 330 g/mol. The number of aromatic nitrogens is 3. The van der Waals surface area contributed by atoms with Crippen LogP contribution in [0.25, 0.3) is 11.0 Å². The lowest BCUT2D eigenvalue weighted by molar-refractivity contribution is -0.123. The van der Waals surface area contributed by atoms with Crippen LogP contribution in [0.2, 0.25) is 0 Å². The van der Waals surface area contributed by atoms with Crippen LogP contribution in [-0.2, 0) is 11.3 Å². The van der Waals surface area contributed by atoms with Crippen molar-refractivity contribution in [1.29, 1.82) is 0 Å². The van der Waals surface area contributed by atoms with Crippen LogP contribution in [0.3, 0.4) is 0 Å². The van der Waals surface area contributed by atoms with Crippen molar-refractivity contribution in [2.24, 2.45) is 5.10 Å². The standard InChI is InChI=1S/C19H21N5O2/c1-13-7-6-10-18(15(13)3)26-12-19(25)22-20-14(2)11-24-17-9-5-4-8-16(17)21-23-24/h4-10H,11-12H2,1-3H3,(H,22,25)/b20-14+. The second-order valence-electron chi connectivity index (χ2n) is 6.10. The van der Waals surface area contributed by atoms with Gasteiger partial charge in [0.25, 0.3) is 5.91 Å². The van der Waals surface area contributed by atoms with E-state index in [1.807, 2.05) is 63.2 Å². The van der Waals surface area contributed by atoms with E-state index in [0.29, 0.717) is 18.0 Å². The van der Waals surface area contributed by atoms with E-state index in [0.717, 1.165) is 22.2 Å². The molecular formula is C19H21N5O2. The maximum atomic E-state index is 12.0. The average Bonchev–Trinajstić information content (AvgIpc) is 3.04. The number of amides is 1. The maximum Gasteiger partial charge on any atom is 0.277 e. The number of aryl methyl sites for hydroxylation is 1. The van der Waals surface area contributed by atoms with Crippen LogP contribution < -0.4 is 10.2 Å². The Kier molecular flexibility index (Phi) is 5.26. The minimum atomic E-state index is -0.311. The lowest BCUT2D eigenvalue weighted by Crippen LogP contribution is -2.26. The molecule has 0 aliphatic heterocycles. The summed E-state index contributed by atoms with van der Waals surface area (Å²) < 4.78 is 7.31. The summed E-state index contributed by atoms with van der Waals surface area (Å²) in [6.07, 6.45) is 0. The molecule has 2 aromatic carbocycles. The lowest BCUT2D eigenvalue weighted by Gasteiger charge is -2.10. The molecule has 0 fully saturated rings. The number of fused-ring (bicyclic) bond motifs is 1. The predicted molar refractivity (Wildman–Crippen MR) is 100 cm³/mol. The molecule has 7 heteroatoms. The number of hydrogen-bond donors (Lipinski definition) is 1. The van der Waals surface area contributed by atoms with E-state index in [1.165, 1.54) is 0 Å². The third-order valence-electron chi connectivity index (χ3n) is 4.08. The average molecular weight is 351 g/mol. The molecule has 1 heterocycles. The molecule has 0 atom stereocenters.